The van der Waals surface area contributed by atoms with E-state index < -0.39 is 0 Å². The van der Waals surface area contributed by atoms with Gasteiger partial charge < -0.3 is 9.47 Å². The molecule has 0 amide bonds. The van der Waals surface area contributed by atoms with Crippen LogP contribution in [0.1, 0.15) is 12.5 Å². The predicted molar refractivity (Wildman–Crippen MR) is 280 cm³/mol. The maximum absolute atomic E-state index is 4.56. The van der Waals surface area contributed by atoms with Crippen LogP contribution in [0.15, 0.2) is 255 Å². The Morgan fingerprint density at radius 2 is 1.08 bits per heavy atom. The van der Waals surface area contributed by atoms with Gasteiger partial charge in [0.25, 0.3) is 0 Å². The van der Waals surface area contributed by atoms with Crippen LogP contribution in [-0.4, -0.2) is 4.57 Å². The molecule has 1 heterocycles. The van der Waals surface area contributed by atoms with Gasteiger partial charge in [-0.1, -0.05) is 183 Å². The third-order valence-electron chi connectivity index (χ3n) is 12.6. The molecule has 0 N–H and O–H groups in total. The number of rotatable bonds is 10. The van der Waals surface area contributed by atoms with E-state index in [4.69, 9.17) is 0 Å². The van der Waals surface area contributed by atoms with Crippen molar-refractivity contribution in [1.29, 1.82) is 0 Å². The zero-order valence-corrected chi connectivity index (χ0v) is 36.3. The van der Waals surface area contributed by atoms with E-state index in [0.29, 0.717) is 0 Å². The van der Waals surface area contributed by atoms with Gasteiger partial charge in [-0.15, -0.1) is 0 Å². The second-order valence-corrected chi connectivity index (χ2v) is 16.6. The number of anilines is 3. The largest absolute Gasteiger partial charge is 0.310 e. The van der Waals surface area contributed by atoms with Gasteiger partial charge in [0, 0.05) is 33.5 Å². The van der Waals surface area contributed by atoms with Crippen molar-refractivity contribution in [2.45, 2.75) is 6.92 Å². The van der Waals surface area contributed by atoms with Crippen LogP contribution in [0.4, 0.5) is 17.1 Å². The van der Waals surface area contributed by atoms with Crippen molar-refractivity contribution >= 4 is 66.0 Å². The maximum atomic E-state index is 4.56. The fraction of sp³-hybridized carbons (Fsp3) is 0.0159. The molecule has 2 nitrogen and oxygen atoms in total. The molecule has 0 aliphatic carbocycles. The molecule has 11 aromatic rings. The summed E-state index contributed by atoms with van der Waals surface area (Å²) in [5.41, 5.74) is 15.6. The van der Waals surface area contributed by atoms with Crippen LogP contribution in [0.5, 0.6) is 0 Å². The van der Waals surface area contributed by atoms with Gasteiger partial charge in [0.2, 0.25) is 0 Å². The summed E-state index contributed by atoms with van der Waals surface area (Å²) >= 11 is 0. The van der Waals surface area contributed by atoms with E-state index in [0.717, 1.165) is 50.6 Å². The molecule has 0 spiro atoms. The summed E-state index contributed by atoms with van der Waals surface area (Å²) in [4.78, 5) is 2.40. The summed E-state index contributed by atoms with van der Waals surface area (Å²) in [5, 5.41) is 7.44. The van der Waals surface area contributed by atoms with E-state index in [1.807, 2.05) is 19.1 Å². The molecule has 0 fully saturated rings. The summed E-state index contributed by atoms with van der Waals surface area (Å²) in [6.07, 6.45) is 8.23. The molecule has 0 aliphatic rings. The second-order valence-electron chi connectivity index (χ2n) is 16.6. The normalized spacial score (nSPS) is 11.7. The summed E-state index contributed by atoms with van der Waals surface area (Å²) in [5.74, 6) is 0. The minimum Gasteiger partial charge on any atom is -0.310 e. The van der Waals surface area contributed by atoms with Crippen LogP contribution < -0.4 is 4.90 Å². The van der Waals surface area contributed by atoms with E-state index in [-0.39, 0.29) is 0 Å². The lowest BCUT2D eigenvalue weighted by Crippen LogP contribution is -2.10. The lowest BCUT2D eigenvalue weighted by molar-refractivity contribution is 1.18. The van der Waals surface area contributed by atoms with Crippen LogP contribution >= 0.6 is 0 Å². The van der Waals surface area contributed by atoms with E-state index in [1.54, 1.807) is 0 Å². The fourth-order valence-electron chi connectivity index (χ4n) is 9.46. The fourth-order valence-corrected chi connectivity index (χ4v) is 9.46. The average Bonchev–Trinajstić information content (AvgIpc) is 3.72. The Bertz CT molecular complexity index is 3610. The van der Waals surface area contributed by atoms with Crippen molar-refractivity contribution in [2.75, 3.05) is 4.90 Å². The summed E-state index contributed by atoms with van der Waals surface area (Å²) in [6, 6.07) is 81.6. The number of fused-ring (bicyclic) bond motifs is 6. The SMILES string of the molecule is C=C(/C=C\C=C/C)c1cc(-c2ccccc2)cc(N(c2ccc(-c3ccc4ccccc4c3)cc2)c2cccc(-c3cccc4c3c3c5ccccc5ccc3n4-c3ccccc3)c2)c1. The lowest BCUT2D eigenvalue weighted by atomic mass is 9.95. The van der Waals surface area contributed by atoms with Crippen molar-refractivity contribution in [3.8, 4) is 39.1 Å². The second kappa shape index (κ2) is 17.0. The monoisotopic (exact) mass is 830 g/mol. The highest BCUT2D eigenvalue weighted by molar-refractivity contribution is 6.25. The number of aromatic nitrogens is 1. The van der Waals surface area contributed by atoms with Gasteiger partial charge in [0.1, 0.15) is 0 Å². The van der Waals surface area contributed by atoms with Crippen molar-refractivity contribution in [2.24, 2.45) is 0 Å². The molecular weight excluding hydrogens is 785 g/mol. The highest BCUT2D eigenvalue weighted by Gasteiger charge is 2.21. The van der Waals surface area contributed by atoms with Gasteiger partial charge in [0.05, 0.1) is 11.0 Å². The number of para-hydroxylation sites is 1. The molecule has 65 heavy (non-hydrogen) atoms. The average molecular weight is 831 g/mol. The topological polar surface area (TPSA) is 8.17 Å². The molecule has 0 unspecified atom stereocenters. The van der Waals surface area contributed by atoms with Crippen LogP contribution in [0.3, 0.4) is 0 Å². The van der Waals surface area contributed by atoms with Crippen LogP contribution in [0, 0.1) is 0 Å². The zero-order chi connectivity index (χ0) is 43.7. The van der Waals surface area contributed by atoms with Crippen LogP contribution in [0.25, 0.3) is 88.0 Å². The number of hydrogen-bond acceptors (Lipinski definition) is 1. The molecule has 0 saturated carbocycles. The van der Waals surface area contributed by atoms with Gasteiger partial charge in [-0.25, -0.2) is 0 Å². The van der Waals surface area contributed by atoms with Crippen LogP contribution in [0.2, 0.25) is 0 Å². The highest BCUT2D eigenvalue weighted by atomic mass is 15.1. The molecule has 0 aliphatic heterocycles. The Morgan fingerprint density at radius 1 is 0.431 bits per heavy atom. The first-order valence-electron chi connectivity index (χ1n) is 22.3. The summed E-state index contributed by atoms with van der Waals surface area (Å²) in [6.45, 7) is 6.59. The molecule has 0 bridgehead atoms. The quantitative estimate of drug-likeness (QED) is 0.125. The molecule has 11 rings (SSSR count). The molecular formula is C63H46N2. The van der Waals surface area contributed by atoms with E-state index in [9.17, 15) is 0 Å². The Labute approximate surface area is 380 Å². The van der Waals surface area contributed by atoms with Gasteiger partial charge in [-0.3, -0.25) is 0 Å². The van der Waals surface area contributed by atoms with Crippen molar-refractivity contribution in [1.82, 2.24) is 4.57 Å². The molecule has 1 aromatic heterocycles. The Morgan fingerprint density at radius 3 is 1.89 bits per heavy atom. The zero-order valence-electron chi connectivity index (χ0n) is 36.3. The Balaban J connectivity index is 1.12. The predicted octanol–water partition coefficient (Wildman–Crippen LogP) is 17.7. The smallest absolute Gasteiger partial charge is 0.0547 e. The van der Waals surface area contributed by atoms with Gasteiger partial charge >= 0.3 is 0 Å². The molecule has 0 radical (unpaired) electrons. The minimum absolute atomic E-state index is 0.941. The van der Waals surface area contributed by atoms with E-state index >= 15 is 0 Å². The summed E-state index contributed by atoms with van der Waals surface area (Å²) < 4.78 is 2.42. The number of allylic oxidation sites excluding steroid dienone is 5. The third-order valence-corrected chi connectivity index (χ3v) is 12.6. The maximum Gasteiger partial charge on any atom is 0.0547 e. The van der Waals surface area contributed by atoms with Crippen molar-refractivity contribution < 1.29 is 0 Å². The van der Waals surface area contributed by atoms with E-state index in [2.05, 4.69) is 253 Å². The molecule has 308 valence electrons. The Kier molecular flexibility index (Phi) is 10.3. The lowest BCUT2D eigenvalue weighted by Gasteiger charge is -2.27. The van der Waals surface area contributed by atoms with Crippen molar-refractivity contribution in [3.63, 3.8) is 0 Å². The summed E-state index contributed by atoms with van der Waals surface area (Å²) in [7, 11) is 0. The number of nitrogens with zero attached hydrogens (tertiary/aromatic N) is 2. The first kappa shape index (κ1) is 39.4. The van der Waals surface area contributed by atoms with Gasteiger partial charge in [-0.05, 0) is 146 Å². The van der Waals surface area contributed by atoms with Gasteiger partial charge in [-0.2, -0.15) is 0 Å². The van der Waals surface area contributed by atoms with E-state index in [1.165, 1.54) is 60.0 Å². The molecule has 0 atom stereocenters. The Hall–Kier alpha value is -8.46. The minimum atomic E-state index is 0.941. The third kappa shape index (κ3) is 7.41. The van der Waals surface area contributed by atoms with Crippen LogP contribution in [-0.2, 0) is 0 Å². The first-order valence-corrected chi connectivity index (χ1v) is 22.3. The van der Waals surface area contributed by atoms with Gasteiger partial charge in [0.15, 0.2) is 0 Å². The number of hydrogen-bond donors (Lipinski definition) is 0. The number of benzene rings is 10. The first-order chi connectivity index (χ1) is 32.1. The molecule has 10 aromatic carbocycles. The molecule has 2 heteroatoms. The highest BCUT2D eigenvalue weighted by Crippen LogP contribution is 2.45. The molecule has 0 saturated heterocycles. The standard InChI is InChI=1S/C63H46N2/c1-3-4-7-18-44(2)52-40-53(45-19-8-5-9-20-45)43-57(42-52)64(55-36-33-47(34-37-55)50-32-31-46-21-12-13-23-49(46)39-50)56-27-16-24-51(41-56)59-29-17-30-60-63(59)62-58-28-15-14-22-48(58)35-38-61(62)65(60)54-25-10-6-11-26-54/h3-43H,2H2,1H3/b4-3-,18-7-. The van der Waals surface area contributed by atoms with Crippen molar-refractivity contribution in [3.05, 3.63) is 261 Å².